The van der Waals surface area contributed by atoms with Crippen LogP contribution in [0.1, 0.15) is 6.42 Å². The number of carbonyl (C=O) groups is 1. The maximum absolute atomic E-state index is 12.0. The molecular weight excluding hydrogens is 326 g/mol. The molecule has 0 saturated carbocycles. The highest BCUT2D eigenvalue weighted by atomic mass is 35.5. The predicted molar refractivity (Wildman–Crippen MR) is 84.1 cm³/mol. The van der Waals surface area contributed by atoms with Gasteiger partial charge >= 0.3 is 0 Å². The van der Waals surface area contributed by atoms with E-state index in [1.54, 1.807) is 36.5 Å². The molecule has 2 N–H and O–H groups in total. The van der Waals surface area contributed by atoms with E-state index in [-0.39, 0.29) is 23.8 Å². The van der Waals surface area contributed by atoms with Gasteiger partial charge in [-0.3, -0.25) is 4.79 Å². The Bertz CT molecular complexity index is 751. The van der Waals surface area contributed by atoms with Crippen molar-refractivity contribution >= 4 is 33.3 Å². The lowest BCUT2D eigenvalue weighted by molar-refractivity contribution is -0.116. The summed E-state index contributed by atoms with van der Waals surface area (Å²) in [5.41, 5.74) is 0. The van der Waals surface area contributed by atoms with E-state index in [9.17, 15) is 13.2 Å². The van der Waals surface area contributed by atoms with Crippen molar-refractivity contribution in [1.29, 1.82) is 0 Å². The normalized spacial score (nSPS) is 11.1. The van der Waals surface area contributed by atoms with Crippen LogP contribution < -0.4 is 10.0 Å². The average molecular weight is 340 g/mol. The first-order chi connectivity index (χ1) is 10.5. The van der Waals surface area contributed by atoms with Crippen molar-refractivity contribution in [3.05, 3.63) is 53.7 Å². The van der Waals surface area contributed by atoms with Crippen molar-refractivity contribution in [3.8, 4) is 0 Å². The molecule has 1 amide bonds. The second-order valence-electron chi connectivity index (χ2n) is 4.37. The average Bonchev–Trinajstić information content (AvgIpc) is 2.48. The summed E-state index contributed by atoms with van der Waals surface area (Å²) in [5, 5.41) is 2.90. The summed E-state index contributed by atoms with van der Waals surface area (Å²) >= 11 is 5.76. The molecule has 1 aromatic carbocycles. The molecule has 0 radical (unpaired) electrons. The minimum atomic E-state index is -3.68. The Kier molecular flexibility index (Phi) is 5.48. The largest absolute Gasteiger partial charge is 0.311 e. The van der Waals surface area contributed by atoms with Gasteiger partial charge in [-0.05, 0) is 30.3 Å². The van der Waals surface area contributed by atoms with Crippen LogP contribution in [0.2, 0.25) is 5.02 Å². The summed E-state index contributed by atoms with van der Waals surface area (Å²) in [6, 6.07) is 11.0. The quantitative estimate of drug-likeness (QED) is 0.843. The molecule has 2 aromatic rings. The number of anilines is 1. The number of amides is 1. The van der Waals surface area contributed by atoms with Gasteiger partial charge in [0.15, 0.2) is 0 Å². The fourth-order valence-corrected chi connectivity index (χ4v) is 2.99. The molecule has 0 aliphatic heterocycles. The third-order valence-corrected chi connectivity index (χ3v) is 4.38. The van der Waals surface area contributed by atoms with Gasteiger partial charge in [-0.15, -0.1) is 0 Å². The lowest BCUT2D eigenvalue weighted by Gasteiger charge is -2.07. The molecule has 1 heterocycles. The standard InChI is InChI=1S/C14H14ClN3O3S/c15-11-4-3-5-12(10-11)22(20,21)17-9-7-14(19)18-13-6-1-2-8-16-13/h1-6,8,10,17H,7,9H2,(H,16,18,19). The fraction of sp³-hybridized carbons (Fsp3) is 0.143. The number of pyridine rings is 1. The number of hydrogen-bond donors (Lipinski definition) is 2. The molecule has 0 saturated heterocycles. The van der Waals surface area contributed by atoms with Gasteiger partial charge in [0.05, 0.1) is 4.90 Å². The molecular formula is C14H14ClN3O3S. The molecule has 8 heteroatoms. The number of nitrogens with zero attached hydrogens (tertiary/aromatic N) is 1. The summed E-state index contributed by atoms with van der Waals surface area (Å²) in [4.78, 5) is 15.7. The van der Waals surface area contributed by atoms with E-state index < -0.39 is 10.0 Å². The van der Waals surface area contributed by atoms with Gasteiger partial charge in [0.1, 0.15) is 5.82 Å². The van der Waals surface area contributed by atoms with E-state index in [1.165, 1.54) is 12.1 Å². The van der Waals surface area contributed by atoms with E-state index >= 15 is 0 Å². The second kappa shape index (κ2) is 7.35. The zero-order valence-electron chi connectivity index (χ0n) is 11.5. The van der Waals surface area contributed by atoms with E-state index in [0.29, 0.717) is 10.8 Å². The van der Waals surface area contributed by atoms with Crippen molar-refractivity contribution in [1.82, 2.24) is 9.71 Å². The summed E-state index contributed by atoms with van der Waals surface area (Å²) in [7, 11) is -3.68. The smallest absolute Gasteiger partial charge is 0.240 e. The van der Waals surface area contributed by atoms with Gasteiger partial charge in [-0.1, -0.05) is 23.7 Å². The zero-order chi connectivity index (χ0) is 16.0. The van der Waals surface area contributed by atoms with Gasteiger partial charge < -0.3 is 5.32 Å². The zero-order valence-corrected chi connectivity index (χ0v) is 13.1. The van der Waals surface area contributed by atoms with Crippen LogP contribution in [0.5, 0.6) is 0 Å². The van der Waals surface area contributed by atoms with E-state index in [4.69, 9.17) is 11.6 Å². The number of rotatable bonds is 6. The molecule has 2 rings (SSSR count). The van der Waals surface area contributed by atoms with Gasteiger partial charge in [0.25, 0.3) is 0 Å². The molecule has 22 heavy (non-hydrogen) atoms. The van der Waals surface area contributed by atoms with Crippen LogP contribution in [-0.4, -0.2) is 25.9 Å². The molecule has 1 aromatic heterocycles. The Morgan fingerprint density at radius 2 is 2.00 bits per heavy atom. The summed E-state index contributed by atoms with van der Waals surface area (Å²) in [5.74, 6) is 0.0951. The van der Waals surface area contributed by atoms with Crippen molar-refractivity contribution in [2.75, 3.05) is 11.9 Å². The maximum atomic E-state index is 12.0. The Hall–Kier alpha value is -1.96. The Morgan fingerprint density at radius 1 is 1.18 bits per heavy atom. The first-order valence-electron chi connectivity index (χ1n) is 6.43. The van der Waals surface area contributed by atoms with Crippen molar-refractivity contribution < 1.29 is 13.2 Å². The van der Waals surface area contributed by atoms with E-state index in [2.05, 4.69) is 15.0 Å². The van der Waals surface area contributed by atoms with Crippen molar-refractivity contribution in [2.24, 2.45) is 0 Å². The Morgan fingerprint density at radius 3 is 2.68 bits per heavy atom. The number of aromatic nitrogens is 1. The molecule has 0 unspecified atom stereocenters. The fourth-order valence-electron chi connectivity index (χ4n) is 1.66. The lowest BCUT2D eigenvalue weighted by atomic mass is 10.4. The highest BCUT2D eigenvalue weighted by molar-refractivity contribution is 7.89. The number of carbonyl (C=O) groups excluding carboxylic acids is 1. The van der Waals surface area contributed by atoms with Gasteiger partial charge in [0.2, 0.25) is 15.9 Å². The first kappa shape index (κ1) is 16.4. The third-order valence-electron chi connectivity index (χ3n) is 2.68. The number of benzene rings is 1. The molecule has 0 bridgehead atoms. The van der Waals surface area contributed by atoms with Crippen molar-refractivity contribution in [2.45, 2.75) is 11.3 Å². The predicted octanol–water partition coefficient (Wildman–Crippen LogP) is 2.04. The monoisotopic (exact) mass is 339 g/mol. The van der Waals surface area contributed by atoms with Gasteiger partial charge in [-0.2, -0.15) is 0 Å². The molecule has 0 aliphatic rings. The van der Waals surface area contributed by atoms with E-state index in [1.807, 2.05) is 0 Å². The Balaban J connectivity index is 1.86. The number of hydrogen-bond acceptors (Lipinski definition) is 4. The minimum absolute atomic E-state index is 0.00360. The van der Waals surface area contributed by atoms with Crippen LogP contribution in [0, 0.1) is 0 Å². The summed E-state index contributed by atoms with van der Waals surface area (Å²) < 4.78 is 26.4. The molecule has 0 spiro atoms. The lowest BCUT2D eigenvalue weighted by Crippen LogP contribution is -2.28. The summed E-state index contributed by atoms with van der Waals surface area (Å²) in [6.45, 7) is -0.0203. The number of nitrogens with one attached hydrogen (secondary N) is 2. The minimum Gasteiger partial charge on any atom is -0.311 e. The SMILES string of the molecule is O=C(CCNS(=O)(=O)c1cccc(Cl)c1)Nc1ccccn1. The van der Waals surface area contributed by atoms with Crippen LogP contribution in [-0.2, 0) is 14.8 Å². The molecule has 6 nitrogen and oxygen atoms in total. The third kappa shape index (κ3) is 4.80. The molecule has 116 valence electrons. The summed E-state index contributed by atoms with van der Waals surface area (Å²) in [6.07, 6.45) is 1.55. The topological polar surface area (TPSA) is 88.2 Å². The first-order valence-corrected chi connectivity index (χ1v) is 8.29. The van der Waals surface area contributed by atoms with Crippen LogP contribution in [0.25, 0.3) is 0 Å². The van der Waals surface area contributed by atoms with Gasteiger partial charge in [-0.25, -0.2) is 18.1 Å². The number of halogens is 1. The Labute approximate surface area is 133 Å². The molecule has 0 atom stereocenters. The van der Waals surface area contributed by atoms with Crippen LogP contribution in [0.4, 0.5) is 5.82 Å². The van der Waals surface area contributed by atoms with Crippen molar-refractivity contribution in [3.63, 3.8) is 0 Å². The maximum Gasteiger partial charge on any atom is 0.240 e. The number of sulfonamides is 1. The molecule has 0 aliphatic carbocycles. The van der Waals surface area contributed by atoms with Crippen LogP contribution in [0.3, 0.4) is 0 Å². The second-order valence-corrected chi connectivity index (χ2v) is 6.57. The van der Waals surface area contributed by atoms with Crippen LogP contribution in [0.15, 0.2) is 53.6 Å². The highest BCUT2D eigenvalue weighted by Gasteiger charge is 2.14. The van der Waals surface area contributed by atoms with E-state index in [0.717, 1.165) is 0 Å². The van der Waals surface area contributed by atoms with Gasteiger partial charge in [0, 0.05) is 24.2 Å². The highest BCUT2D eigenvalue weighted by Crippen LogP contribution is 2.15. The van der Waals surface area contributed by atoms with Crippen LogP contribution >= 0.6 is 11.6 Å². The molecule has 0 fully saturated rings.